The minimum absolute atomic E-state index is 0.0336. The third-order valence-corrected chi connectivity index (χ3v) is 6.09. The van der Waals surface area contributed by atoms with Crippen LogP contribution in [0.15, 0.2) is 77.7 Å². The average molecular weight is 425 g/mol. The van der Waals surface area contributed by atoms with Crippen LogP contribution in [-0.2, 0) is 14.8 Å². The summed E-state index contributed by atoms with van der Waals surface area (Å²) in [5, 5.41) is 3.24. The van der Waals surface area contributed by atoms with Gasteiger partial charge in [-0.05, 0) is 49.7 Å². The maximum absolute atomic E-state index is 13.2. The number of hydrogen-bond acceptors (Lipinski definition) is 5. The van der Waals surface area contributed by atoms with Crippen LogP contribution in [0, 0.1) is 6.92 Å². The van der Waals surface area contributed by atoms with Gasteiger partial charge < -0.3 is 10.1 Å². The molecule has 2 N–H and O–H groups in total. The smallest absolute Gasteiger partial charge is 0.337 e. The van der Waals surface area contributed by atoms with Gasteiger partial charge in [0.15, 0.2) is 0 Å². The highest BCUT2D eigenvalue weighted by atomic mass is 32.2. The van der Waals surface area contributed by atoms with Gasteiger partial charge in [-0.25, -0.2) is 13.2 Å². The highest BCUT2D eigenvalue weighted by Gasteiger charge is 2.22. The summed E-state index contributed by atoms with van der Waals surface area (Å²) in [7, 11) is -2.71. The summed E-state index contributed by atoms with van der Waals surface area (Å²) in [5.74, 6) is -0.607. The Morgan fingerprint density at radius 3 is 2.27 bits per heavy atom. The minimum Gasteiger partial charge on any atom is -0.465 e. The van der Waals surface area contributed by atoms with Gasteiger partial charge in [0.05, 0.1) is 18.4 Å². The van der Waals surface area contributed by atoms with Crippen LogP contribution in [-0.4, -0.2) is 21.5 Å². The summed E-state index contributed by atoms with van der Waals surface area (Å²) in [6, 6.07) is 21.0. The third kappa shape index (κ3) is 4.99. The number of hydrogen-bond donors (Lipinski definition) is 2. The maximum Gasteiger partial charge on any atom is 0.337 e. The quantitative estimate of drug-likeness (QED) is 0.535. The number of carbonyl (C=O) groups excluding carboxylic acids is 1. The number of anilines is 2. The Morgan fingerprint density at radius 1 is 0.967 bits per heavy atom. The molecule has 0 saturated carbocycles. The van der Waals surface area contributed by atoms with E-state index in [1.54, 1.807) is 18.2 Å². The number of aryl methyl sites for hydroxylation is 1. The molecule has 156 valence electrons. The Kier molecular flexibility index (Phi) is 6.42. The second kappa shape index (κ2) is 9.00. The molecule has 0 aliphatic carbocycles. The zero-order valence-electron chi connectivity index (χ0n) is 17.0. The van der Waals surface area contributed by atoms with Crippen molar-refractivity contribution in [2.75, 3.05) is 17.1 Å². The molecule has 0 fully saturated rings. The Balaban J connectivity index is 2.00. The lowest BCUT2D eigenvalue weighted by Gasteiger charge is -2.19. The molecule has 3 aromatic carbocycles. The van der Waals surface area contributed by atoms with Crippen LogP contribution in [0.1, 0.15) is 34.5 Å². The molecule has 1 atom stereocenters. The minimum atomic E-state index is -3.97. The van der Waals surface area contributed by atoms with Crippen LogP contribution in [0.3, 0.4) is 0 Å². The molecule has 0 radical (unpaired) electrons. The van der Waals surface area contributed by atoms with Crippen molar-refractivity contribution in [1.82, 2.24) is 0 Å². The highest BCUT2D eigenvalue weighted by molar-refractivity contribution is 7.92. The van der Waals surface area contributed by atoms with E-state index in [2.05, 4.69) is 10.0 Å². The molecule has 0 aliphatic rings. The van der Waals surface area contributed by atoms with E-state index in [1.165, 1.54) is 19.2 Å². The van der Waals surface area contributed by atoms with E-state index in [4.69, 9.17) is 4.74 Å². The lowest BCUT2D eigenvalue weighted by Crippen LogP contribution is -2.18. The monoisotopic (exact) mass is 424 g/mol. The van der Waals surface area contributed by atoms with E-state index in [0.29, 0.717) is 11.4 Å². The van der Waals surface area contributed by atoms with Gasteiger partial charge in [-0.15, -0.1) is 0 Å². The number of esters is 1. The van der Waals surface area contributed by atoms with Crippen LogP contribution in [0.25, 0.3) is 0 Å². The molecule has 0 heterocycles. The first-order chi connectivity index (χ1) is 14.3. The lowest BCUT2D eigenvalue weighted by molar-refractivity contribution is 0.0600. The number of ether oxygens (including phenoxy) is 1. The Labute approximate surface area is 177 Å². The molecule has 3 rings (SSSR count). The molecule has 0 unspecified atom stereocenters. The van der Waals surface area contributed by atoms with Crippen molar-refractivity contribution in [1.29, 1.82) is 0 Å². The molecular weight excluding hydrogens is 400 g/mol. The predicted octanol–water partition coefficient (Wildman–Crippen LogP) is 4.76. The summed E-state index contributed by atoms with van der Waals surface area (Å²) in [5.41, 5.74) is 3.00. The Bertz CT molecular complexity index is 1130. The second-order valence-corrected chi connectivity index (χ2v) is 8.60. The van der Waals surface area contributed by atoms with Crippen molar-refractivity contribution in [2.24, 2.45) is 0 Å². The SMILES string of the molecule is COC(=O)c1ccc(N[C@@H](C)c2ccccc2)c(S(=O)(=O)Nc2ccc(C)cc2)c1. The molecule has 7 heteroatoms. The first-order valence-corrected chi connectivity index (χ1v) is 10.9. The number of sulfonamides is 1. The predicted molar refractivity (Wildman–Crippen MR) is 118 cm³/mol. The Morgan fingerprint density at radius 2 is 1.63 bits per heavy atom. The van der Waals surface area contributed by atoms with Crippen molar-refractivity contribution in [3.05, 3.63) is 89.5 Å². The largest absolute Gasteiger partial charge is 0.465 e. The fraction of sp³-hybridized carbons (Fsp3) is 0.174. The van der Waals surface area contributed by atoms with Gasteiger partial charge in [-0.3, -0.25) is 4.72 Å². The van der Waals surface area contributed by atoms with Crippen LogP contribution in [0.5, 0.6) is 0 Å². The van der Waals surface area contributed by atoms with Crippen molar-refractivity contribution in [2.45, 2.75) is 24.8 Å². The van der Waals surface area contributed by atoms with Crippen molar-refractivity contribution >= 4 is 27.4 Å². The van der Waals surface area contributed by atoms with E-state index >= 15 is 0 Å². The molecule has 3 aromatic rings. The van der Waals surface area contributed by atoms with Gasteiger partial charge >= 0.3 is 5.97 Å². The molecule has 6 nitrogen and oxygen atoms in total. The lowest BCUT2D eigenvalue weighted by atomic mass is 10.1. The summed E-state index contributed by atoms with van der Waals surface area (Å²) < 4.78 is 33.7. The van der Waals surface area contributed by atoms with Crippen molar-refractivity contribution < 1.29 is 17.9 Å². The van der Waals surface area contributed by atoms with Crippen molar-refractivity contribution in [3.8, 4) is 0 Å². The molecule has 0 aliphatic heterocycles. The van der Waals surface area contributed by atoms with E-state index < -0.39 is 16.0 Å². The second-order valence-electron chi connectivity index (χ2n) is 6.95. The maximum atomic E-state index is 13.2. The summed E-state index contributed by atoms with van der Waals surface area (Å²) in [6.45, 7) is 3.86. The molecular formula is C23H24N2O4S. The van der Waals surface area contributed by atoms with Gasteiger partial charge in [0.25, 0.3) is 10.0 Å². The molecule has 0 bridgehead atoms. The van der Waals surface area contributed by atoms with Crippen LogP contribution < -0.4 is 10.0 Å². The average Bonchev–Trinajstić information content (AvgIpc) is 2.75. The third-order valence-electron chi connectivity index (χ3n) is 4.67. The Hall–Kier alpha value is -3.32. The van der Waals surface area contributed by atoms with Gasteiger partial charge in [-0.1, -0.05) is 48.0 Å². The number of nitrogens with one attached hydrogen (secondary N) is 2. The van der Waals surface area contributed by atoms with E-state index in [1.807, 2.05) is 56.3 Å². The molecule has 0 spiro atoms. The summed E-state index contributed by atoms with van der Waals surface area (Å²) in [4.78, 5) is 12.0. The topological polar surface area (TPSA) is 84.5 Å². The van der Waals surface area contributed by atoms with Crippen LogP contribution in [0.2, 0.25) is 0 Å². The number of methoxy groups -OCH3 is 1. The molecule has 0 aromatic heterocycles. The molecule has 30 heavy (non-hydrogen) atoms. The van der Waals surface area contributed by atoms with Gasteiger partial charge in [-0.2, -0.15) is 0 Å². The molecule has 0 saturated heterocycles. The van der Waals surface area contributed by atoms with Gasteiger partial charge in [0, 0.05) is 11.7 Å². The molecule has 0 amide bonds. The first kappa shape index (κ1) is 21.4. The summed E-state index contributed by atoms with van der Waals surface area (Å²) >= 11 is 0. The fourth-order valence-electron chi connectivity index (χ4n) is 3.00. The van der Waals surface area contributed by atoms with E-state index in [0.717, 1.165) is 11.1 Å². The van der Waals surface area contributed by atoms with Crippen molar-refractivity contribution in [3.63, 3.8) is 0 Å². The zero-order valence-corrected chi connectivity index (χ0v) is 17.9. The van der Waals surface area contributed by atoms with Gasteiger partial charge in [0.2, 0.25) is 0 Å². The number of rotatable bonds is 7. The summed E-state index contributed by atoms with van der Waals surface area (Å²) in [6.07, 6.45) is 0. The van der Waals surface area contributed by atoms with E-state index in [9.17, 15) is 13.2 Å². The fourth-order valence-corrected chi connectivity index (χ4v) is 4.25. The number of benzene rings is 3. The standard InChI is InChI=1S/C23H24N2O4S/c1-16-9-12-20(13-10-16)25-30(27,28)22-15-19(23(26)29-3)11-14-21(22)24-17(2)18-7-5-4-6-8-18/h4-15,17,24-25H,1-3H3/t17-/m0/s1. The van der Waals surface area contributed by atoms with Crippen LogP contribution >= 0.6 is 0 Å². The van der Waals surface area contributed by atoms with E-state index in [-0.39, 0.29) is 16.5 Å². The zero-order chi connectivity index (χ0) is 21.7. The number of carbonyl (C=O) groups is 1. The first-order valence-electron chi connectivity index (χ1n) is 9.43. The van der Waals surface area contributed by atoms with Gasteiger partial charge in [0.1, 0.15) is 4.90 Å². The normalized spacial score (nSPS) is 12.1. The van der Waals surface area contributed by atoms with Crippen LogP contribution in [0.4, 0.5) is 11.4 Å². The highest BCUT2D eigenvalue weighted by Crippen LogP contribution is 2.29.